The van der Waals surface area contributed by atoms with Crippen LogP contribution in [0.15, 0.2) is 34.1 Å². The van der Waals surface area contributed by atoms with Gasteiger partial charge < -0.3 is 5.32 Å². The van der Waals surface area contributed by atoms with Crippen molar-refractivity contribution >= 4 is 27.3 Å². The quantitative estimate of drug-likeness (QED) is 0.850. The Hall–Kier alpha value is -0.640. The highest BCUT2D eigenvalue weighted by Crippen LogP contribution is 2.31. The fourth-order valence-electron chi connectivity index (χ4n) is 2.14. The molecular formula is C15H18BrNS. The molecule has 3 heteroatoms. The first-order valence-corrected chi connectivity index (χ1v) is 7.84. The first kappa shape index (κ1) is 13.8. The van der Waals surface area contributed by atoms with Crippen LogP contribution < -0.4 is 5.32 Å². The first-order valence-electron chi connectivity index (χ1n) is 6.17. The topological polar surface area (TPSA) is 12.0 Å². The number of thiophene rings is 1. The Morgan fingerprint density at radius 1 is 1.28 bits per heavy atom. The molecule has 1 N–H and O–H groups in total. The Morgan fingerprint density at radius 3 is 2.67 bits per heavy atom. The summed E-state index contributed by atoms with van der Waals surface area (Å²) in [7, 11) is 0. The van der Waals surface area contributed by atoms with Gasteiger partial charge in [-0.1, -0.05) is 35.0 Å². The zero-order valence-corrected chi connectivity index (χ0v) is 13.4. The van der Waals surface area contributed by atoms with Crippen LogP contribution in [-0.2, 0) is 0 Å². The van der Waals surface area contributed by atoms with Crippen LogP contribution in [0.5, 0.6) is 0 Å². The van der Waals surface area contributed by atoms with E-state index in [1.807, 2.05) is 11.3 Å². The molecule has 1 unspecified atom stereocenters. The van der Waals surface area contributed by atoms with Crippen molar-refractivity contribution in [2.75, 3.05) is 6.54 Å². The van der Waals surface area contributed by atoms with Gasteiger partial charge in [0.05, 0.1) is 6.04 Å². The van der Waals surface area contributed by atoms with Gasteiger partial charge in [-0.3, -0.25) is 0 Å². The molecule has 1 nitrogen and oxygen atoms in total. The van der Waals surface area contributed by atoms with Gasteiger partial charge in [0.1, 0.15) is 0 Å². The molecule has 0 fully saturated rings. The van der Waals surface area contributed by atoms with Crippen LogP contribution in [0.2, 0.25) is 0 Å². The van der Waals surface area contributed by atoms with E-state index in [9.17, 15) is 0 Å². The molecule has 18 heavy (non-hydrogen) atoms. The van der Waals surface area contributed by atoms with Gasteiger partial charge in [0.2, 0.25) is 0 Å². The van der Waals surface area contributed by atoms with E-state index in [0.29, 0.717) is 6.04 Å². The molecule has 1 atom stereocenters. The van der Waals surface area contributed by atoms with E-state index < -0.39 is 0 Å². The van der Waals surface area contributed by atoms with E-state index in [2.05, 4.69) is 71.7 Å². The smallest absolute Gasteiger partial charge is 0.0673 e. The van der Waals surface area contributed by atoms with Crippen molar-refractivity contribution in [2.24, 2.45) is 0 Å². The molecule has 2 rings (SSSR count). The molecule has 1 heterocycles. The number of rotatable bonds is 4. The lowest BCUT2D eigenvalue weighted by Gasteiger charge is -2.20. The van der Waals surface area contributed by atoms with Crippen molar-refractivity contribution in [3.8, 4) is 0 Å². The molecule has 0 radical (unpaired) electrons. The van der Waals surface area contributed by atoms with Crippen LogP contribution in [0.3, 0.4) is 0 Å². The third-order valence-electron chi connectivity index (χ3n) is 3.09. The van der Waals surface area contributed by atoms with Crippen molar-refractivity contribution in [3.05, 3.63) is 55.7 Å². The van der Waals surface area contributed by atoms with E-state index in [4.69, 9.17) is 0 Å². The van der Waals surface area contributed by atoms with Crippen molar-refractivity contribution in [1.29, 1.82) is 0 Å². The van der Waals surface area contributed by atoms with E-state index in [1.165, 1.54) is 26.0 Å². The van der Waals surface area contributed by atoms with E-state index in [1.54, 1.807) is 0 Å². The second kappa shape index (κ2) is 6.00. The Morgan fingerprint density at radius 2 is 2.06 bits per heavy atom. The number of aryl methyl sites for hydroxylation is 2. The number of hydrogen-bond donors (Lipinski definition) is 1. The summed E-state index contributed by atoms with van der Waals surface area (Å²) in [6.45, 7) is 7.45. The van der Waals surface area contributed by atoms with Crippen LogP contribution in [-0.4, -0.2) is 6.54 Å². The minimum Gasteiger partial charge on any atom is -0.306 e. The Labute approximate surface area is 121 Å². The molecular weight excluding hydrogens is 306 g/mol. The zero-order valence-electron chi connectivity index (χ0n) is 11.0. The Kier molecular flexibility index (Phi) is 4.60. The molecule has 0 spiro atoms. The number of benzene rings is 1. The summed E-state index contributed by atoms with van der Waals surface area (Å²) < 4.78 is 1.19. The zero-order chi connectivity index (χ0) is 13.1. The monoisotopic (exact) mass is 323 g/mol. The molecule has 2 aromatic rings. The van der Waals surface area contributed by atoms with Crippen LogP contribution in [0.1, 0.15) is 34.5 Å². The number of hydrogen-bond acceptors (Lipinski definition) is 2. The average molecular weight is 324 g/mol. The second-order valence-electron chi connectivity index (χ2n) is 4.46. The lowest BCUT2D eigenvalue weighted by Crippen LogP contribution is -2.22. The molecule has 0 saturated heterocycles. The van der Waals surface area contributed by atoms with Crippen molar-refractivity contribution in [3.63, 3.8) is 0 Å². The maximum atomic E-state index is 3.60. The normalized spacial score (nSPS) is 12.7. The lowest BCUT2D eigenvalue weighted by atomic mass is 9.98. The molecule has 0 amide bonds. The molecule has 0 bridgehead atoms. The predicted octanol–water partition coefficient (Wildman–Crippen LogP) is 4.83. The van der Waals surface area contributed by atoms with Crippen LogP contribution in [0.4, 0.5) is 0 Å². The highest BCUT2D eigenvalue weighted by atomic mass is 79.9. The van der Waals surface area contributed by atoms with Gasteiger partial charge in [-0.05, 0) is 54.6 Å². The minimum atomic E-state index is 0.307. The van der Waals surface area contributed by atoms with Gasteiger partial charge in [-0.25, -0.2) is 0 Å². The Balaban J connectivity index is 2.46. The minimum absolute atomic E-state index is 0.307. The molecule has 0 aliphatic carbocycles. The SMILES string of the molecule is CCNC(c1cccs1)c1cc(C)c(Br)cc1C. The second-order valence-corrected chi connectivity index (χ2v) is 6.30. The van der Waals surface area contributed by atoms with E-state index in [0.717, 1.165) is 6.54 Å². The molecule has 0 aliphatic rings. The van der Waals surface area contributed by atoms with Crippen molar-refractivity contribution < 1.29 is 0 Å². The molecule has 1 aromatic carbocycles. The predicted molar refractivity (Wildman–Crippen MR) is 83.5 cm³/mol. The molecule has 0 saturated carbocycles. The summed E-state index contributed by atoms with van der Waals surface area (Å²) in [6, 6.07) is 9.12. The van der Waals surface area contributed by atoms with Gasteiger partial charge in [0.25, 0.3) is 0 Å². The van der Waals surface area contributed by atoms with Gasteiger partial charge in [0, 0.05) is 9.35 Å². The lowest BCUT2D eigenvalue weighted by molar-refractivity contribution is 0.636. The van der Waals surface area contributed by atoms with E-state index in [-0.39, 0.29) is 0 Å². The number of nitrogens with one attached hydrogen (secondary N) is 1. The van der Waals surface area contributed by atoms with Gasteiger partial charge in [-0.2, -0.15) is 0 Å². The van der Waals surface area contributed by atoms with E-state index >= 15 is 0 Å². The largest absolute Gasteiger partial charge is 0.306 e. The van der Waals surface area contributed by atoms with Gasteiger partial charge >= 0.3 is 0 Å². The summed E-state index contributed by atoms with van der Waals surface area (Å²) in [6.07, 6.45) is 0. The molecule has 0 aliphatic heterocycles. The third kappa shape index (κ3) is 2.85. The molecule has 96 valence electrons. The fraction of sp³-hybridized carbons (Fsp3) is 0.333. The third-order valence-corrected chi connectivity index (χ3v) is 4.89. The highest BCUT2D eigenvalue weighted by Gasteiger charge is 2.17. The maximum Gasteiger partial charge on any atom is 0.0673 e. The first-order chi connectivity index (χ1) is 8.63. The van der Waals surface area contributed by atoms with Crippen LogP contribution in [0.25, 0.3) is 0 Å². The van der Waals surface area contributed by atoms with Crippen molar-refractivity contribution in [1.82, 2.24) is 5.32 Å². The van der Waals surface area contributed by atoms with Crippen LogP contribution >= 0.6 is 27.3 Å². The summed E-state index contributed by atoms with van der Waals surface area (Å²) in [5, 5.41) is 5.72. The summed E-state index contributed by atoms with van der Waals surface area (Å²) in [5.41, 5.74) is 3.99. The van der Waals surface area contributed by atoms with Crippen LogP contribution in [0, 0.1) is 13.8 Å². The highest BCUT2D eigenvalue weighted by molar-refractivity contribution is 9.10. The summed E-state index contributed by atoms with van der Waals surface area (Å²) >= 11 is 5.41. The summed E-state index contributed by atoms with van der Waals surface area (Å²) in [4.78, 5) is 1.38. The number of halogens is 1. The Bertz CT molecular complexity index is 520. The molecule has 1 aromatic heterocycles. The maximum absolute atomic E-state index is 3.60. The van der Waals surface area contributed by atoms with Gasteiger partial charge in [0.15, 0.2) is 0 Å². The summed E-state index contributed by atoms with van der Waals surface area (Å²) in [5.74, 6) is 0. The fourth-order valence-corrected chi connectivity index (χ4v) is 3.41. The van der Waals surface area contributed by atoms with Gasteiger partial charge in [-0.15, -0.1) is 11.3 Å². The van der Waals surface area contributed by atoms with Crippen molar-refractivity contribution in [2.45, 2.75) is 26.8 Å². The standard InChI is InChI=1S/C15H18BrNS/c1-4-17-15(14-6-5-7-18-14)12-8-11(3)13(16)9-10(12)2/h5-9,15,17H,4H2,1-3H3. The average Bonchev–Trinajstić information content (AvgIpc) is 2.85.